The molecule has 0 saturated carbocycles. The third kappa shape index (κ3) is 44.2. The van der Waals surface area contributed by atoms with Crippen molar-refractivity contribution in [2.24, 2.45) is 40.3 Å². The Morgan fingerprint density at radius 2 is 0.857 bits per heavy atom. The third-order valence-corrected chi connectivity index (χ3v) is 4.31. The minimum Gasteiger partial charge on any atom is -0.480 e. The zero-order valence-electron chi connectivity index (χ0n) is 23.3. The van der Waals surface area contributed by atoms with Crippen molar-refractivity contribution in [3.63, 3.8) is 0 Å². The molecule has 252 valence electrons. The van der Waals surface area contributed by atoms with Crippen LogP contribution in [0.1, 0.15) is 20.8 Å². The quantitative estimate of drug-likeness (QED) is 0.0922. The van der Waals surface area contributed by atoms with Crippen LogP contribution >= 0.6 is 25.3 Å². The molecule has 0 aromatic rings. The van der Waals surface area contributed by atoms with Gasteiger partial charge in [-0.15, -0.1) is 0 Å². The fourth-order valence-corrected chi connectivity index (χ4v) is 1.04. The van der Waals surface area contributed by atoms with E-state index >= 15 is 0 Å². The maximum Gasteiger partial charge on any atom is 0.323 e. The number of aliphatic carboxylic acids is 6. The SMILES string of the molecule is CC(C)[C@H](N)C(=O)O.C[C@@H](O)[C@H](N)C(=O)O.NCC(=O)O.N[C@@H](CO)C(=O)O.N[C@@H](CS)C(=O)O.N[C@@H](CS)C(=O)O. The molecule has 0 bridgehead atoms. The zero-order chi connectivity index (χ0) is 35.3. The molecule has 0 rings (SSSR count). The molecule has 0 aliphatic rings. The number of aliphatic hydroxyl groups is 2. The van der Waals surface area contributed by atoms with Crippen molar-refractivity contribution >= 4 is 61.1 Å². The molecule has 0 aliphatic heterocycles. The summed E-state index contributed by atoms with van der Waals surface area (Å²) in [5.74, 6) is -5.87. The number of thiol groups is 2. The summed E-state index contributed by atoms with van der Waals surface area (Å²) in [7, 11) is 0. The molecule has 0 unspecified atom stereocenters. The second-order valence-electron chi connectivity index (χ2n) is 7.69. The first-order valence-electron chi connectivity index (χ1n) is 11.3. The smallest absolute Gasteiger partial charge is 0.323 e. The lowest BCUT2D eigenvalue weighted by Gasteiger charge is -2.07. The van der Waals surface area contributed by atoms with Crippen LogP contribution in [0.25, 0.3) is 0 Å². The average molecular weight is 659 g/mol. The second-order valence-corrected chi connectivity index (χ2v) is 8.42. The average Bonchev–Trinajstić information content (AvgIpc) is 2.91. The molecule has 0 aromatic heterocycles. The Labute approximate surface area is 252 Å². The van der Waals surface area contributed by atoms with Gasteiger partial charge in [0, 0.05) is 11.5 Å². The van der Waals surface area contributed by atoms with Gasteiger partial charge >= 0.3 is 35.8 Å². The van der Waals surface area contributed by atoms with E-state index in [1.165, 1.54) is 6.92 Å². The van der Waals surface area contributed by atoms with Crippen molar-refractivity contribution in [2.75, 3.05) is 24.7 Å². The van der Waals surface area contributed by atoms with Gasteiger partial charge in [0.1, 0.15) is 30.2 Å². The number of nitrogens with two attached hydrogens (primary N) is 6. The topological polar surface area (TPSA) is 420 Å². The van der Waals surface area contributed by atoms with Gasteiger partial charge in [-0.3, -0.25) is 28.8 Å². The van der Waals surface area contributed by atoms with Gasteiger partial charge in [0.25, 0.3) is 0 Å². The summed E-state index contributed by atoms with van der Waals surface area (Å²) in [4.78, 5) is 58.3. The normalized spacial score (nSPS) is 13.6. The third-order valence-electron chi connectivity index (χ3n) is 3.52. The number of hydrogen-bond donors (Lipinski definition) is 16. The van der Waals surface area contributed by atoms with E-state index in [-0.39, 0.29) is 24.0 Å². The number of rotatable bonds is 11. The van der Waals surface area contributed by atoms with E-state index in [0.717, 1.165) is 0 Å². The zero-order valence-corrected chi connectivity index (χ0v) is 25.0. The molecule has 22 heteroatoms. The Bertz CT molecular complexity index is 693. The van der Waals surface area contributed by atoms with Gasteiger partial charge in [-0.1, -0.05) is 13.8 Å². The van der Waals surface area contributed by atoms with E-state index < -0.39 is 78.7 Å². The summed E-state index contributed by atoms with van der Waals surface area (Å²) >= 11 is 7.30. The molecular weight excluding hydrogens is 612 g/mol. The fourth-order valence-electron chi connectivity index (χ4n) is 0.726. The molecule has 20 N–H and O–H groups in total. The highest BCUT2D eigenvalue weighted by molar-refractivity contribution is 7.80. The molecule has 0 aliphatic carbocycles. The van der Waals surface area contributed by atoms with Gasteiger partial charge in [0.2, 0.25) is 0 Å². The van der Waals surface area contributed by atoms with E-state index in [4.69, 9.17) is 69.5 Å². The number of carboxylic acid groups (broad SMARTS) is 6. The predicted octanol–water partition coefficient (Wildman–Crippen LogP) is -5.09. The standard InChI is InChI=1S/C5H11NO2.C4H9NO3.C3H7NO3.2C3H7NO2S.C2H5NO2/c1-3(2)4(6)5(7)8;1-2(6)3(5)4(7)8;4-2(1-5)3(6)7;2*4-2(1-7)3(5)6;3-1-2(4)5/h3-4H,6H2,1-2H3,(H,7,8);2-3,6H,5H2,1H3,(H,7,8);2,5H,1,4H2,(H,6,7);2*2,7H,1,4H2,(H,5,6);1,3H2,(H,4,5)/t4-;2-,3+;3*2-;/m01000./s1. The first kappa shape index (κ1) is 51.9. The molecule has 20 nitrogen and oxygen atoms in total. The lowest BCUT2D eigenvalue weighted by molar-refractivity contribution is -0.141. The molecule has 0 fully saturated rings. The van der Waals surface area contributed by atoms with Gasteiger partial charge in [0.15, 0.2) is 0 Å². The molecule has 0 radical (unpaired) electrons. The number of aliphatic hydroxyl groups excluding tert-OH is 2. The van der Waals surface area contributed by atoms with E-state index in [0.29, 0.717) is 0 Å². The summed E-state index contributed by atoms with van der Waals surface area (Å²) in [6.45, 7) is 4.10. The van der Waals surface area contributed by atoms with Crippen LogP contribution in [0.4, 0.5) is 0 Å². The molecule has 42 heavy (non-hydrogen) atoms. The molecule has 0 spiro atoms. The fraction of sp³-hybridized carbons (Fsp3) is 0.700. The second kappa shape index (κ2) is 32.7. The van der Waals surface area contributed by atoms with Gasteiger partial charge in [-0.2, -0.15) is 25.3 Å². The molecule has 0 heterocycles. The first-order valence-corrected chi connectivity index (χ1v) is 12.5. The van der Waals surface area contributed by atoms with Crippen molar-refractivity contribution in [3.05, 3.63) is 0 Å². The number of carboxylic acids is 6. The van der Waals surface area contributed by atoms with Crippen LogP contribution in [-0.2, 0) is 28.8 Å². The van der Waals surface area contributed by atoms with Crippen LogP contribution < -0.4 is 34.4 Å². The molecular formula is C20H46N6O14S2. The Hall–Kier alpha value is -2.80. The predicted molar refractivity (Wildman–Crippen MR) is 156 cm³/mol. The minimum absolute atomic E-state index is 0.0208. The van der Waals surface area contributed by atoms with E-state index in [1.54, 1.807) is 13.8 Å². The van der Waals surface area contributed by atoms with E-state index in [2.05, 4.69) is 31.0 Å². The Morgan fingerprint density at radius 1 is 0.595 bits per heavy atom. The van der Waals surface area contributed by atoms with Crippen molar-refractivity contribution in [1.82, 2.24) is 0 Å². The monoisotopic (exact) mass is 658 g/mol. The van der Waals surface area contributed by atoms with Crippen LogP contribution in [-0.4, -0.2) is 138 Å². The van der Waals surface area contributed by atoms with Gasteiger partial charge in [0.05, 0.1) is 19.3 Å². The van der Waals surface area contributed by atoms with Crippen LogP contribution in [0.2, 0.25) is 0 Å². The number of hydrogen-bond acceptors (Lipinski definition) is 16. The molecule has 0 saturated heterocycles. The van der Waals surface area contributed by atoms with Crippen LogP contribution in [0, 0.1) is 5.92 Å². The number of carbonyl (C=O) groups is 6. The van der Waals surface area contributed by atoms with Gasteiger partial charge in [-0.05, 0) is 12.8 Å². The summed E-state index contributed by atoms with van der Waals surface area (Å²) in [6.07, 6.45) is -0.979. The first-order chi connectivity index (χ1) is 18.9. The summed E-state index contributed by atoms with van der Waals surface area (Å²) in [6, 6.07) is -4.63. The highest BCUT2D eigenvalue weighted by Crippen LogP contribution is 1.96. The summed E-state index contributed by atoms with van der Waals surface area (Å²) < 4.78 is 0. The maximum atomic E-state index is 10.0. The van der Waals surface area contributed by atoms with Gasteiger partial charge < -0.3 is 75.3 Å². The van der Waals surface area contributed by atoms with E-state index in [1.807, 2.05) is 0 Å². The van der Waals surface area contributed by atoms with Gasteiger partial charge in [-0.25, -0.2) is 0 Å². The highest BCUT2D eigenvalue weighted by Gasteiger charge is 2.16. The van der Waals surface area contributed by atoms with Crippen molar-refractivity contribution in [1.29, 1.82) is 0 Å². The summed E-state index contributed by atoms with van der Waals surface area (Å²) in [5.41, 5.74) is 29.3. The van der Waals surface area contributed by atoms with Crippen LogP contribution in [0.5, 0.6) is 0 Å². The van der Waals surface area contributed by atoms with E-state index in [9.17, 15) is 28.8 Å². The lowest BCUT2D eigenvalue weighted by Crippen LogP contribution is -2.39. The Morgan fingerprint density at radius 3 is 0.857 bits per heavy atom. The van der Waals surface area contributed by atoms with Crippen molar-refractivity contribution in [3.8, 4) is 0 Å². The Balaban J connectivity index is -0.0000000931. The van der Waals surface area contributed by atoms with Crippen molar-refractivity contribution < 1.29 is 69.6 Å². The molecule has 6 atom stereocenters. The minimum atomic E-state index is -1.18. The largest absolute Gasteiger partial charge is 0.480 e. The Kier molecular flexibility index (Phi) is 40.4. The maximum absolute atomic E-state index is 10.0. The van der Waals surface area contributed by atoms with Crippen molar-refractivity contribution in [2.45, 2.75) is 57.1 Å². The molecule has 0 aromatic carbocycles. The highest BCUT2D eigenvalue weighted by atomic mass is 32.1. The van der Waals surface area contributed by atoms with Crippen LogP contribution in [0.3, 0.4) is 0 Å². The molecule has 0 amide bonds. The summed E-state index contributed by atoms with van der Waals surface area (Å²) in [5, 5.41) is 64.3. The lowest BCUT2D eigenvalue weighted by atomic mass is 10.1. The van der Waals surface area contributed by atoms with Crippen LogP contribution in [0.15, 0.2) is 0 Å².